The minimum atomic E-state index is -0.457. The lowest BCUT2D eigenvalue weighted by atomic mass is 10.0. The average Bonchev–Trinajstić information content (AvgIpc) is 2.42. The summed E-state index contributed by atoms with van der Waals surface area (Å²) in [5.41, 5.74) is 6.85. The zero-order valence-corrected chi connectivity index (χ0v) is 12.0. The fraction of sp³-hybridized carbons (Fsp3) is 0.500. The van der Waals surface area contributed by atoms with Crippen molar-refractivity contribution in [2.75, 3.05) is 18.8 Å². The smallest absolute Gasteiger partial charge is 0.292 e. The molecule has 2 rings (SSSR count). The van der Waals surface area contributed by atoms with Gasteiger partial charge in [-0.25, -0.2) is 0 Å². The van der Waals surface area contributed by atoms with Gasteiger partial charge in [0.05, 0.1) is 4.92 Å². The number of nitro benzene ring substituents is 1. The number of nitro groups is 1. The highest BCUT2D eigenvalue weighted by molar-refractivity contribution is 5.73. The highest BCUT2D eigenvalue weighted by Crippen LogP contribution is 2.26. The summed E-state index contributed by atoms with van der Waals surface area (Å²) < 4.78 is 0. The zero-order chi connectivity index (χ0) is 15.4. The summed E-state index contributed by atoms with van der Waals surface area (Å²) in [7, 11) is 0. The first-order valence-corrected chi connectivity index (χ1v) is 6.98. The maximum absolute atomic E-state index is 11.0. The second kappa shape index (κ2) is 6.53. The van der Waals surface area contributed by atoms with E-state index in [4.69, 9.17) is 5.73 Å². The Morgan fingerprint density at radius 2 is 2.14 bits per heavy atom. The Hall–Kier alpha value is -2.15. The molecule has 114 valence electrons. The van der Waals surface area contributed by atoms with Crippen molar-refractivity contribution in [2.24, 2.45) is 0 Å². The molecular formula is C14H20N4O3. The Morgan fingerprint density at radius 3 is 2.71 bits per heavy atom. The second-order valence-corrected chi connectivity index (χ2v) is 5.36. The van der Waals surface area contributed by atoms with Crippen molar-refractivity contribution in [2.45, 2.75) is 32.4 Å². The number of hydrogen-bond donors (Lipinski definition) is 2. The molecule has 1 heterocycles. The van der Waals surface area contributed by atoms with E-state index in [-0.39, 0.29) is 23.3 Å². The molecule has 0 atom stereocenters. The largest absolute Gasteiger partial charge is 0.393 e. The number of anilines is 1. The van der Waals surface area contributed by atoms with E-state index in [1.54, 1.807) is 6.07 Å². The van der Waals surface area contributed by atoms with Crippen LogP contribution in [-0.2, 0) is 11.3 Å². The number of nitrogens with one attached hydrogen (secondary N) is 1. The molecule has 0 bridgehead atoms. The lowest BCUT2D eigenvalue weighted by Crippen LogP contribution is -2.43. The number of carbonyl (C=O) groups is 1. The van der Waals surface area contributed by atoms with E-state index in [1.807, 2.05) is 6.07 Å². The molecule has 1 aliphatic heterocycles. The van der Waals surface area contributed by atoms with Crippen molar-refractivity contribution in [3.63, 3.8) is 0 Å². The van der Waals surface area contributed by atoms with Crippen LogP contribution in [-0.4, -0.2) is 34.9 Å². The SMILES string of the molecule is CC(=O)NC1CCN(Cc2cccc([N+](=O)[O-])c2N)CC1. The Labute approximate surface area is 123 Å². The van der Waals surface area contributed by atoms with Crippen LogP contribution < -0.4 is 11.1 Å². The maximum Gasteiger partial charge on any atom is 0.292 e. The van der Waals surface area contributed by atoms with Crippen LogP contribution in [0.25, 0.3) is 0 Å². The third kappa shape index (κ3) is 3.91. The van der Waals surface area contributed by atoms with Gasteiger partial charge in [0.2, 0.25) is 5.91 Å². The fourth-order valence-corrected chi connectivity index (χ4v) is 2.66. The maximum atomic E-state index is 11.0. The number of piperidine rings is 1. The number of nitrogen functional groups attached to an aromatic ring is 1. The van der Waals surface area contributed by atoms with Crippen molar-refractivity contribution in [3.8, 4) is 0 Å². The standard InChI is InChI=1S/C14H20N4O3/c1-10(19)16-12-5-7-17(8-6-12)9-11-3-2-4-13(14(11)15)18(20)21/h2-4,12H,5-9,15H2,1H3,(H,16,19). The molecule has 1 aromatic carbocycles. The molecule has 3 N–H and O–H groups in total. The van der Waals surface area contributed by atoms with E-state index in [1.165, 1.54) is 13.0 Å². The summed E-state index contributed by atoms with van der Waals surface area (Å²) >= 11 is 0. The number of amides is 1. The average molecular weight is 292 g/mol. The first kappa shape index (κ1) is 15.2. The number of para-hydroxylation sites is 1. The molecule has 7 heteroatoms. The van der Waals surface area contributed by atoms with Gasteiger partial charge in [-0.2, -0.15) is 0 Å². The molecule has 1 aliphatic rings. The number of rotatable bonds is 4. The van der Waals surface area contributed by atoms with E-state index < -0.39 is 4.92 Å². The van der Waals surface area contributed by atoms with Gasteiger partial charge in [-0.15, -0.1) is 0 Å². The minimum Gasteiger partial charge on any atom is -0.393 e. The van der Waals surface area contributed by atoms with Gasteiger partial charge in [-0.1, -0.05) is 12.1 Å². The number of benzene rings is 1. The molecule has 1 fully saturated rings. The molecule has 0 saturated carbocycles. The highest BCUT2D eigenvalue weighted by Gasteiger charge is 2.21. The van der Waals surface area contributed by atoms with Gasteiger partial charge in [0, 0.05) is 38.7 Å². The van der Waals surface area contributed by atoms with E-state index in [0.717, 1.165) is 31.5 Å². The molecule has 1 saturated heterocycles. The normalized spacial score (nSPS) is 16.6. The lowest BCUT2D eigenvalue weighted by Gasteiger charge is -2.32. The van der Waals surface area contributed by atoms with Crippen molar-refractivity contribution >= 4 is 17.3 Å². The molecule has 0 spiro atoms. The van der Waals surface area contributed by atoms with Crippen molar-refractivity contribution in [3.05, 3.63) is 33.9 Å². The van der Waals surface area contributed by atoms with Gasteiger partial charge in [-0.3, -0.25) is 19.8 Å². The number of carbonyl (C=O) groups excluding carboxylic acids is 1. The van der Waals surface area contributed by atoms with Gasteiger partial charge >= 0.3 is 0 Å². The molecule has 0 unspecified atom stereocenters. The van der Waals surface area contributed by atoms with Gasteiger partial charge in [-0.05, 0) is 18.4 Å². The predicted octanol–water partition coefficient (Wildman–Crippen LogP) is 1.28. The summed E-state index contributed by atoms with van der Waals surface area (Å²) in [6.45, 7) is 3.80. The van der Waals surface area contributed by atoms with Crippen LogP contribution in [0.2, 0.25) is 0 Å². The topological polar surface area (TPSA) is 102 Å². The van der Waals surface area contributed by atoms with Crippen LogP contribution in [0.5, 0.6) is 0 Å². The van der Waals surface area contributed by atoms with Crippen LogP contribution in [0.3, 0.4) is 0 Å². The summed E-state index contributed by atoms with van der Waals surface area (Å²) in [5, 5.41) is 13.8. The van der Waals surface area contributed by atoms with E-state index in [0.29, 0.717) is 6.54 Å². The molecular weight excluding hydrogens is 272 g/mol. The first-order valence-electron chi connectivity index (χ1n) is 6.98. The number of nitrogens with two attached hydrogens (primary N) is 1. The van der Waals surface area contributed by atoms with Gasteiger partial charge in [0.1, 0.15) is 5.69 Å². The Morgan fingerprint density at radius 1 is 1.48 bits per heavy atom. The first-order chi connectivity index (χ1) is 9.97. The zero-order valence-electron chi connectivity index (χ0n) is 12.0. The Bertz CT molecular complexity index is 539. The number of hydrogen-bond acceptors (Lipinski definition) is 5. The van der Waals surface area contributed by atoms with Gasteiger partial charge < -0.3 is 11.1 Å². The third-order valence-electron chi connectivity index (χ3n) is 3.76. The monoisotopic (exact) mass is 292 g/mol. The summed E-state index contributed by atoms with van der Waals surface area (Å²) in [6.07, 6.45) is 1.77. The van der Waals surface area contributed by atoms with Crippen molar-refractivity contribution in [1.29, 1.82) is 0 Å². The Balaban J connectivity index is 1.96. The van der Waals surface area contributed by atoms with Crippen molar-refractivity contribution in [1.82, 2.24) is 10.2 Å². The van der Waals surface area contributed by atoms with Crippen LogP contribution in [0, 0.1) is 10.1 Å². The number of likely N-dealkylation sites (tertiary alicyclic amines) is 1. The quantitative estimate of drug-likeness (QED) is 0.494. The van der Waals surface area contributed by atoms with E-state index in [2.05, 4.69) is 10.2 Å². The molecule has 0 radical (unpaired) electrons. The van der Waals surface area contributed by atoms with Crippen LogP contribution >= 0.6 is 0 Å². The van der Waals surface area contributed by atoms with Gasteiger partial charge in [0.15, 0.2) is 0 Å². The predicted molar refractivity (Wildman–Crippen MR) is 79.6 cm³/mol. The lowest BCUT2D eigenvalue weighted by molar-refractivity contribution is -0.384. The second-order valence-electron chi connectivity index (χ2n) is 5.36. The molecule has 7 nitrogen and oxygen atoms in total. The van der Waals surface area contributed by atoms with Crippen molar-refractivity contribution < 1.29 is 9.72 Å². The van der Waals surface area contributed by atoms with Crippen LogP contribution in [0.1, 0.15) is 25.3 Å². The summed E-state index contributed by atoms with van der Waals surface area (Å²) in [6, 6.07) is 5.12. The molecule has 1 aromatic rings. The fourth-order valence-electron chi connectivity index (χ4n) is 2.66. The van der Waals surface area contributed by atoms with Crippen LogP contribution in [0.4, 0.5) is 11.4 Å². The molecule has 21 heavy (non-hydrogen) atoms. The molecule has 0 aromatic heterocycles. The molecule has 0 aliphatic carbocycles. The highest BCUT2D eigenvalue weighted by atomic mass is 16.6. The summed E-state index contributed by atoms with van der Waals surface area (Å²) in [5.74, 6) is -0.00335. The van der Waals surface area contributed by atoms with E-state index >= 15 is 0 Å². The minimum absolute atomic E-state index is 0.00335. The van der Waals surface area contributed by atoms with E-state index in [9.17, 15) is 14.9 Å². The third-order valence-corrected chi connectivity index (χ3v) is 3.76. The van der Waals surface area contributed by atoms with Crippen LogP contribution in [0.15, 0.2) is 18.2 Å². The molecule has 1 amide bonds. The number of nitrogens with zero attached hydrogens (tertiary/aromatic N) is 2. The van der Waals surface area contributed by atoms with Gasteiger partial charge in [0.25, 0.3) is 5.69 Å². The Kier molecular flexibility index (Phi) is 4.74. The summed E-state index contributed by atoms with van der Waals surface area (Å²) in [4.78, 5) is 23.7.